The molecule has 160 valence electrons. The molecule has 1 aliphatic heterocycles. The second-order valence-corrected chi connectivity index (χ2v) is 8.34. The number of amides is 1. The van der Waals surface area contributed by atoms with Crippen LogP contribution >= 0.6 is 0 Å². The van der Waals surface area contributed by atoms with Crippen molar-refractivity contribution in [3.05, 3.63) is 70.0 Å². The summed E-state index contributed by atoms with van der Waals surface area (Å²) in [5.41, 5.74) is 5.79. The largest absolute Gasteiger partial charge is 0.445 e. The minimum atomic E-state index is -0.392. The number of fused-ring (bicyclic) bond motifs is 1. The molecule has 5 nitrogen and oxygen atoms in total. The van der Waals surface area contributed by atoms with Crippen LogP contribution in [0, 0.1) is 17.1 Å². The number of rotatable bonds is 4. The van der Waals surface area contributed by atoms with Crippen LogP contribution in [0.5, 0.6) is 0 Å². The first-order valence-electron chi connectivity index (χ1n) is 10.5. The number of allylic oxidation sites excluding steroid dienone is 2. The van der Waals surface area contributed by atoms with Gasteiger partial charge in [-0.2, -0.15) is 5.26 Å². The number of likely N-dealkylation sites (tertiary alicyclic amines) is 1. The summed E-state index contributed by atoms with van der Waals surface area (Å²) in [6, 6.07) is 13.0. The Morgan fingerprint density at radius 1 is 1.32 bits per heavy atom. The van der Waals surface area contributed by atoms with Gasteiger partial charge in [0.2, 0.25) is 0 Å². The molecule has 4 rings (SSSR count). The highest BCUT2D eigenvalue weighted by molar-refractivity contribution is 5.86. The van der Waals surface area contributed by atoms with Crippen molar-refractivity contribution in [1.82, 2.24) is 4.90 Å². The van der Waals surface area contributed by atoms with E-state index in [1.54, 1.807) is 4.90 Å². The van der Waals surface area contributed by atoms with E-state index >= 15 is 4.39 Å². The molecule has 2 aromatic carbocycles. The van der Waals surface area contributed by atoms with E-state index in [0.29, 0.717) is 30.8 Å². The SMILES string of the molecule is CC1=C(C)c2c(c(C#N)cc(F)c2N(C)[C@H]2CCN(C(=O)OCc3ccccc3)C2)C1. The molecule has 0 saturated carbocycles. The van der Waals surface area contributed by atoms with Crippen LogP contribution in [0.15, 0.2) is 42.0 Å². The van der Waals surface area contributed by atoms with Crippen LogP contribution in [-0.2, 0) is 17.8 Å². The third-order valence-electron chi connectivity index (χ3n) is 6.47. The fourth-order valence-corrected chi connectivity index (χ4v) is 4.54. The van der Waals surface area contributed by atoms with Crippen molar-refractivity contribution in [3.8, 4) is 6.07 Å². The molecule has 6 heteroatoms. The molecule has 0 radical (unpaired) electrons. The summed E-state index contributed by atoms with van der Waals surface area (Å²) in [7, 11) is 1.87. The Morgan fingerprint density at radius 2 is 2.06 bits per heavy atom. The van der Waals surface area contributed by atoms with Crippen LogP contribution < -0.4 is 4.90 Å². The lowest BCUT2D eigenvalue weighted by Crippen LogP contribution is -2.37. The smallest absolute Gasteiger partial charge is 0.410 e. The van der Waals surface area contributed by atoms with Crippen molar-refractivity contribution in [2.75, 3.05) is 25.0 Å². The van der Waals surface area contributed by atoms with Crippen LogP contribution in [0.1, 0.15) is 42.5 Å². The Kier molecular flexibility index (Phi) is 5.69. The zero-order chi connectivity index (χ0) is 22.1. The van der Waals surface area contributed by atoms with Gasteiger partial charge in [-0.1, -0.05) is 35.9 Å². The minimum absolute atomic E-state index is 0.0236. The van der Waals surface area contributed by atoms with Crippen molar-refractivity contribution in [1.29, 1.82) is 5.26 Å². The van der Waals surface area contributed by atoms with Gasteiger partial charge in [0.25, 0.3) is 0 Å². The van der Waals surface area contributed by atoms with E-state index in [1.165, 1.54) is 6.07 Å². The number of benzene rings is 2. The van der Waals surface area contributed by atoms with Crippen molar-refractivity contribution in [3.63, 3.8) is 0 Å². The van der Waals surface area contributed by atoms with E-state index in [4.69, 9.17) is 4.74 Å². The molecule has 2 aromatic rings. The van der Waals surface area contributed by atoms with Crippen LogP contribution in [0.4, 0.5) is 14.9 Å². The zero-order valence-corrected chi connectivity index (χ0v) is 18.1. The van der Waals surface area contributed by atoms with Crippen LogP contribution in [0.25, 0.3) is 5.57 Å². The van der Waals surface area contributed by atoms with E-state index in [2.05, 4.69) is 6.07 Å². The van der Waals surface area contributed by atoms with Crippen molar-refractivity contribution < 1.29 is 13.9 Å². The van der Waals surface area contributed by atoms with Gasteiger partial charge < -0.3 is 14.5 Å². The van der Waals surface area contributed by atoms with Gasteiger partial charge in [0.1, 0.15) is 12.4 Å². The Labute approximate surface area is 182 Å². The molecule has 1 amide bonds. The molecule has 0 unspecified atom stereocenters. The van der Waals surface area contributed by atoms with E-state index in [-0.39, 0.29) is 18.7 Å². The fraction of sp³-hybridized carbons (Fsp3) is 0.360. The third kappa shape index (κ3) is 3.88. The van der Waals surface area contributed by atoms with Crippen molar-refractivity contribution in [2.45, 2.75) is 39.3 Å². The molecule has 0 aromatic heterocycles. The Bertz CT molecular complexity index is 1090. The Balaban J connectivity index is 1.50. The van der Waals surface area contributed by atoms with Gasteiger partial charge in [-0.05, 0) is 49.5 Å². The average Bonchev–Trinajstić information content (AvgIpc) is 3.38. The molecule has 31 heavy (non-hydrogen) atoms. The monoisotopic (exact) mass is 419 g/mol. The number of carbonyl (C=O) groups is 1. The van der Waals surface area contributed by atoms with Crippen molar-refractivity contribution >= 4 is 17.4 Å². The van der Waals surface area contributed by atoms with Crippen LogP contribution in [0.3, 0.4) is 0 Å². The maximum atomic E-state index is 15.1. The van der Waals surface area contributed by atoms with E-state index in [9.17, 15) is 10.1 Å². The predicted octanol–water partition coefficient (Wildman–Crippen LogP) is 4.89. The highest BCUT2D eigenvalue weighted by Gasteiger charge is 2.34. The summed E-state index contributed by atoms with van der Waals surface area (Å²) in [6.45, 7) is 5.29. The molecule has 2 aliphatic rings. The maximum absolute atomic E-state index is 15.1. The highest BCUT2D eigenvalue weighted by Crippen LogP contribution is 2.43. The summed E-state index contributed by atoms with van der Waals surface area (Å²) in [4.78, 5) is 16.1. The number of nitrogens with zero attached hydrogens (tertiary/aromatic N) is 3. The number of carbonyl (C=O) groups excluding carboxylic acids is 1. The number of nitriles is 1. The summed E-state index contributed by atoms with van der Waals surface area (Å²) < 4.78 is 20.6. The molecule has 0 spiro atoms. The number of likely N-dealkylation sites (N-methyl/N-ethyl adjacent to an activating group) is 1. The summed E-state index contributed by atoms with van der Waals surface area (Å²) >= 11 is 0. The highest BCUT2D eigenvalue weighted by atomic mass is 19.1. The molecule has 1 aliphatic carbocycles. The fourth-order valence-electron chi connectivity index (χ4n) is 4.54. The van der Waals surface area contributed by atoms with Crippen molar-refractivity contribution in [2.24, 2.45) is 0 Å². The maximum Gasteiger partial charge on any atom is 0.410 e. The summed E-state index contributed by atoms with van der Waals surface area (Å²) in [6.07, 6.45) is 1.05. The lowest BCUT2D eigenvalue weighted by Gasteiger charge is -2.30. The van der Waals surface area contributed by atoms with E-state index in [0.717, 1.165) is 34.3 Å². The standard InChI is InChI=1S/C25H26FN3O2/c1-16-11-21-19(13-27)12-22(26)24(23(21)17(16)2)28(3)20-9-10-29(14-20)25(30)31-15-18-7-5-4-6-8-18/h4-8,12,20H,9-11,14-15H2,1-3H3/t20-/m0/s1. The number of ether oxygens (including phenoxy) is 1. The summed E-state index contributed by atoms with van der Waals surface area (Å²) in [5, 5.41) is 9.46. The predicted molar refractivity (Wildman–Crippen MR) is 118 cm³/mol. The number of hydrogen-bond acceptors (Lipinski definition) is 4. The quantitative estimate of drug-likeness (QED) is 0.708. The van der Waals surface area contributed by atoms with E-state index < -0.39 is 5.82 Å². The third-order valence-corrected chi connectivity index (χ3v) is 6.47. The van der Waals surface area contributed by atoms with Gasteiger partial charge in [-0.15, -0.1) is 0 Å². The van der Waals surface area contributed by atoms with Gasteiger partial charge in [0, 0.05) is 31.7 Å². The molecule has 1 fully saturated rings. The number of hydrogen-bond donors (Lipinski definition) is 0. The van der Waals surface area contributed by atoms with Crippen LogP contribution in [-0.4, -0.2) is 37.2 Å². The molecule has 0 N–H and O–H groups in total. The molecule has 0 bridgehead atoms. The zero-order valence-electron chi connectivity index (χ0n) is 18.1. The van der Waals surface area contributed by atoms with E-state index in [1.807, 2.05) is 56.1 Å². The lowest BCUT2D eigenvalue weighted by atomic mass is 9.97. The number of anilines is 1. The molecule has 1 saturated heterocycles. The van der Waals surface area contributed by atoms with Crippen LogP contribution in [0.2, 0.25) is 0 Å². The van der Waals surface area contributed by atoms with Gasteiger partial charge in [-0.25, -0.2) is 9.18 Å². The first kappa shape index (κ1) is 20.9. The topological polar surface area (TPSA) is 56.6 Å². The first-order valence-corrected chi connectivity index (χ1v) is 10.5. The number of halogens is 1. The van der Waals surface area contributed by atoms with Gasteiger partial charge >= 0.3 is 6.09 Å². The minimum Gasteiger partial charge on any atom is -0.445 e. The molecular formula is C25H26FN3O2. The lowest BCUT2D eigenvalue weighted by molar-refractivity contribution is 0.104. The second kappa shape index (κ2) is 8.43. The van der Waals surface area contributed by atoms with Gasteiger partial charge in [0.05, 0.1) is 17.3 Å². The first-order chi connectivity index (χ1) is 14.9. The Morgan fingerprint density at radius 3 is 2.77 bits per heavy atom. The van der Waals surface area contributed by atoms with Gasteiger partial charge in [-0.3, -0.25) is 0 Å². The average molecular weight is 420 g/mol. The molecule has 1 atom stereocenters. The molecular weight excluding hydrogens is 393 g/mol. The Hall–Kier alpha value is -3.33. The molecule has 1 heterocycles. The second-order valence-electron chi connectivity index (χ2n) is 8.34. The normalized spacial score (nSPS) is 17.5. The van der Waals surface area contributed by atoms with Gasteiger partial charge in [0.15, 0.2) is 0 Å². The summed E-state index contributed by atoms with van der Waals surface area (Å²) in [5.74, 6) is -0.392.